The molecule has 0 radical (unpaired) electrons. The Hall–Kier alpha value is -2.95. The molecule has 0 aliphatic heterocycles. The average molecular weight is 268 g/mol. The molecule has 0 amide bonds. The Bertz CT molecular complexity index is 803. The number of carbonyl (C=O) groups is 1. The average Bonchev–Trinajstić information content (AvgIpc) is 2.47. The highest BCUT2D eigenvalue weighted by atomic mass is 16.2. The third-order valence-electron chi connectivity index (χ3n) is 2.64. The Morgan fingerprint density at radius 2 is 1.65 bits per heavy atom. The highest BCUT2D eigenvalue weighted by molar-refractivity contribution is 5.97. The van der Waals surface area contributed by atoms with Crippen molar-refractivity contribution < 1.29 is 4.79 Å². The second kappa shape index (κ2) is 6.29. The number of rotatable bonds is 1. The molecule has 2 aromatic carbocycles. The first-order valence-corrected chi connectivity index (χ1v) is 5.91. The second-order valence-electron chi connectivity index (χ2n) is 3.98. The van der Waals surface area contributed by atoms with E-state index in [2.05, 4.69) is 4.98 Å². The lowest BCUT2D eigenvalue weighted by Gasteiger charge is -1.98. The van der Waals surface area contributed by atoms with Gasteiger partial charge in [0.1, 0.15) is 0 Å². The fourth-order valence-corrected chi connectivity index (χ4v) is 1.74. The monoisotopic (exact) mass is 268 g/mol. The van der Waals surface area contributed by atoms with Crippen molar-refractivity contribution in [3.05, 3.63) is 81.1 Å². The molecule has 0 aliphatic rings. The number of hydrogen-bond donors (Lipinski definition) is 2. The van der Waals surface area contributed by atoms with Crippen molar-refractivity contribution in [1.82, 2.24) is 9.97 Å². The van der Waals surface area contributed by atoms with Gasteiger partial charge in [0.25, 0.3) is 5.56 Å². The molecule has 1 heterocycles. The second-order valence-corrected chi connectivity index (χ2v) is 3.98. The summed E-state index contributed by atoms with van der Waals surface area (Å²) in [6.07, 6.45) is 2.18. The van der Waals surface area contributed by atoms with Crippen LogP contribution >= 0.6 is 0 Å². The number of H-pyrrole nitrogens is 2. The SMILES string of the molecule is O=Cc1cccc2ccccc12.O=c1cc[nH]c(=O)[nH]1. The quantitative estimate of drug-likeness (QED) is 0.659. The minimum Gasteiger partial charge on any atom is -0.314 e. The predicted molar refractivity (Wildman–Crippen MR) is 77.0 cm³/mol. The van der Waals surface area contributed by atoms with Gasteiger partial charge in [0.05, 0.1) is 0 Å². The number of aromatic nitrogens is 2. The lowest BCUT2D eigenvalue weighted by Crippen LogP contribution is -2.19. The minimum absolute atomic E-state index is 0.381. The Morgan fingerprint density at radius 3 is 2.30 bits per heavy atom. The Labute approximate surface area is 113 Å². The fraction of sp³-hybridized carbons (Fsp3) is 0. The van der Waals surface area contributed by atoms with Crippen LogP contribution in [0.3, 0.4) is 0 Å². The number of nitrogens with one attached hydrogen (secondary N) is 2. The van der Waals surface area contributed by atoms with Crippen LogP contribution < -0.4 is 11.2 Å². The van der Waals surface area contributed by atoms with Gasteiger partial charge in [-0.1, -0.05) is 42.5 Å². The number of aromatic amines is 2. The van der Waals surface area contributed by atoms with E-state index in [1.165, 1.54) is 12.3 Å². The first-order chi connectivity index (χ1) is 9.70. The zero-order valence-electron chi connectivity index (χ0n) is 10.5. The van der Waals surface area contributed by atoms with Crippen LogP contribution in [0.15, 0.2) is 64.3 Å². The molecule has 0 unspecified atom stereocenters. The van der Waals surface area contributed by atoms with Crippen LogP contribution in [0.2, 0.25) is 0 Å². The van der Waals surface area contributed by atoms with Crippen LogP contribution in [0.1, 0.15) is 10.4 Å². The first kappa shape index (κ1) is 13.5. The van der Waals surface area contributed by atoms with E-state index in [4.69, 9.17) is 0 Å². The van der Waals surface area contributed by atoms with Gasteiger partial charge in [0.2, 0.25) is 0 Å². The summed E-state index contributed by atoms with van der Waals surface area (Å²) in [7, 11) is 0. The van der Waals surface area contributed by atoms with Crippen molar-refractivity contribution in [1.29, 1.82) is 0 Å². The van der Waals surface area contributed by atoms with Crippen LogP contribution in [-0.2, 0) is 0 Å². The summed E-state index contributed by atoms with van der Waals surface area (Å²) < 4.78 is 0. The molecule has 2 N–H and O–H groups in total. The lowest BCUT2D eigenvalue weighted by molar-refractivity contribution is 0.112. The summed E-state index contributed by atoms with van der Waals surface area (Å²) in [5.41, 5.74) is -0.0978. The molecule has 0 saturated heterocycles. The highest BCUT2D eigenvalue weighted by Crippen LogP contribution is 2.16. The van der Waals surface area contributed by atoms with E-state index in [9.17, 15) is 14.4 Å². The number of benzene rings is 2. The van der Waals surface area contributed by atoms with Crippen molar-refractivity contribution in [2.24, 2.45) is 0 Å². The summed E-state index contributed by atoms with van der Waals surface area (Å²) in [5.74, 6) is 0. The maximum absolute atomic E-state index is 10.6. The molecule has 3 aromatic rings. The summed E-state index contributed by atoms with van der Waals surface area (Å²) in [4.78, 5) is 35.3. The van der Waals surface area contributed by atoms with Gasteiger partial charge in [-0.2, -0.15) is 0 Å². The van der Waals surface area contributed by atoms with Crippen LogP contribution in [0.5, 0.6) is 0 Å². The molecule has 0 atom stereocenters. The van der Waals surface area contributed by atoms with E-state index >= 15 is 0 Å². The minimum atomic E-state index is -0.475. The van der Waals surface area contributed by atoms with Crippen molar-refractivity contribution in [3.8, 4) is 0 Å². The number of aldehydes is 1. The van der Waals surface area contributed by atoms with Gasteiger partial charge in [0.15, 0.2) is 6.29 Å². The summed E-state index contributed by atoms with van der Waals surface area (Å²) >= 11 is 0. The Balaban J connectivity index is 0.000000160. The third-order valence-corrected chi connectivity index (χ3v) is 2.64. The largest absolute Gasteiger partial charge is 0.325 e. The van der Waals surface area contributed by atoms with Crippen LogP contribution in [0, 0.1) is 0 Å². The van der Waals surface area contributed by atoms with Crippen molar-refractivity contribution >= 4 is 17.1 Å². The lowest BCUT2D eigenvalue weighted by atomic mass is 10.1. The van der Waals surface area contributed by atoms with E-state index in [0.29, 0.717) is 0 Å². The molecule has 1 aromatic heterocycles. The molecule has 0 fully saturated rings. The van der Waals surface area contributed by atoms with Crippen LogP contribution in [-0.4, -0.2) is 16.3 Å². The highest BCUT2D eigenvalue weighted by Gasteiger charge is 1.96. The maximum Gasteiger partial charge on any atom is 0.325 e. The van der Waals surface area contributed by atoms with E-state index in [-0.39, 0.29) is 5.56 Å². The molecule has 0 spiro atoms. The maximum atomic E-state index is 10.6. The van der Waals surface area contributed by atoms with Gasteiger partial charge in [-0.15, -0.1) is 0 Å². The molecule has 3 rings (SSSR count). The van der Waals surface area contributed by atoms with Crippen LogP contribution in [0.4, 0.5) is 0 Å². The smallest absolute Gasteiger partial charge is 0.314 e. The molecule has 5 heteroatoms. The van der Waals surface area contributed by atoms with Crippen molar-refractivity contribution in [2.75, 3.05) is 0 Å². The Morgan fingerprint density at radius 1 is 0.900 bits per heavy atom. The third kappa shape index (κ3) is 3.29. The number of fused-ring (bicyclic) bond motifs is 1. The molecule has 0 aliphatic carbocycles. The van der Waals surface area contributed by atoms with Crippen molar-refractivity contribution in [2.45, 2.75) is 0 Å². The summed E-state index contributed by atoms with van der Waals surface area (Å²) in [6, 6.07) is 14.8. The predicted octanol–water partition coefficient (Wildman–Crippen LogP) is 1.72. The topological polar surface area (TPSA) is 82.8 Å². The van der Waals surface area contributed by atoms with Gasteiger partial charge in [-0.25, -0.2) is 4.79 Å². The molecular formula is C15H12N2O3. The molecule has 100 valence electrons. The van der Waals surface area contributed by atoms with Gasteiger partial charge in [0, 0.05) is 17.8 Å². The van der Waals surface area contributed by atoms with E-state index < -0.39 is 5.69 Å². The van der Waals surface area contributed by atoms with Gasteiger partial charge in [-0.05, 0) is 10.8 Å². The molecule has 20 heavy (non-hydrogen) atoms. The van der Waals surface area contributed by atoms with Crippen molar-refractivity contribution in [3.63, 3.8) is 0 Å². The first-order valence-electron chi connectivity index (χ1n) is 5.91. The summed E-state index contributed by atoms with van der Waals surface area (Å²) in [5, 5.41) is 2.14. The molecular weight excluding hydrogens is 256 g/mol. The summed E-state index contributed by atoms with van der Waals surface area (Å²) in [6.45, 7) is 0. The Kier molecular flexibility index (Phi) is 4.24. The van der Waals surface area contributed by atoms with E-state index in [1.807, 2.05) is 47.4 Å². The standard InChI is InChI=1S/C11H8O.C4H4N2O2/c12-8-10-6-3-5-9-4-1-2-7-11(9)10;7-3-1-2-5-4(8)6-3/h1-8H;1-2H,(H2,5,6,7,8). The van der Waals surface area contributed by atoms with Gasteiger partial charge in [-0.3, -0.25) is 14.6 Å². The van der Waals surface area contributed by atoms with E-state index in [1.54, 1.807) is 0 Å². The number of carbonyl (C=O) groups excluding carboxylic acids is 1. The van der Waals surface area contributed by atoms with E-state index in [0.717, 1.165) is 22.6 Å². The van der Waals surface area contributed by atoms with Gasteiger partial charge < -0.3 is 4.98 Å². The zero-order valence-corrected chi connectivity index (χ0v) is 10.5. The molecule has 0 bridgehead atoms. The fourth-order valence-electron chi connectivity index (χ4n) is 1.74. The zero-order chi connectivity index (χ0) is 14.4. The molecule has 5 nitrogen and oxygen atoms in total. The van der Waals surface area contributed by atoms with Crippen LogP contribution in [0.25, 0.3) is 10.8 Å². The van der Waals surface area contributed by atoms with Gasteiger partial charge >= 0.3 is 5.69 Å². The molecule has 0 saturated carbocycles. The number of hydrogen-bond acceptors (Lipinski definition) is 3. The normalized spacial score (nSPS) is 9.60.